The first-order valence-electron chi connectivity index (χ1n) is 4.99. The van der Waals surface area contributed by atoms with Crippen molar-refractivity contribution in [1.29, 1.82) is 0 Å². The van der Waals surface area contributed by atoms with Crippen LogP contribution < -0.4 is 4.74 Å². The van der Waals surface area contributed by atoms with Crippen LogP contribution >= 0.6 is 34.8 Å². The van der Waals surface area contributed by atoms with Gasteiger partial charge >= 0.3 is 0 Å². The van der Waals surface area contributed by atoms with Crippen molar-refractivity contribution in [3.8, 4) is 11.6 Å². The van der Waals surface area contributed by atoms with E-state index in [9.17, 15) is 0 Å². The zero-order valence-corrected chi connectivity index (χ0v) is 11.3. The van der Waals surface area contributed by atoms with Crippen LogP contribution in [0.4, 0.5) is 0 Å². The largest absolute Gasteiger partial charge is 0.437 e. The highest BCUT2D eigenvalue weighted by Gasteiger charge is 2.11. The SMILES string of the molecule is OCc1cccnc1Oc1cc(Cl)c(Cl)cc1Cl. The third-order valence-corrected chi connectivity index (χ3v) is 3.22. The van der Waals surface area contributed by atoms with Gasteiger partial charge < -0.3 is 9.84 Å². The minimum absolute atomic E-state index is 0.178. The molecule has 94 valence electrons. The van der Waals surface area contributed by atoms with E-state index in [-0.39, 0.29) is 12.5 Å². The maximum absolute atomic E-state index is 9.16. The molecule has 6 heteroatoms. The van der Waals surface area contributed by atoms with E-state index in [1.165, 1.54) is 12.1 Å². The summed E-state index contributed by atoms with van der Waals surface area (Å²) in [6.07, 6.45) is 1.56. The van der Waals surface area contributed by atoms with Crippen LogP contribution in [0, 0.1) is 0 Å². The standard InChI is InChI=1S/C12H8Cl3NO2/c13-8-4-10(15)11(5-9(8)14)18-12-7(6-17)2-1-3-16-12/h1-5,17H,6H2. The summed E-state index contributed by atoms with van der Waals surface area (Å²) < 4.78 is 5.52. The summed E-state index contributed by atoms with van der Waals surface area (Å²) in [5.41, 5.74) is 0.555. The molecular weight excluding hydrogens is 296 g/mol. The highest BCUT2D eigenvalue weighted by atomic mass is 35.5. The number of benzene rings is 1. The number of aliphatic hydroxyl groups is 1. The Morgan fingerprint density at radius 3 is 2.56 bits per heavy atom. The molecular formula is C12H8Cl3NO2. The molecule has 1 aromatic carbocycles. The predicted octanol–water partition coefficient (Wildman–Crippen LogP) is 4.33. The Hall–Kier alpha value is -1.000. The quantitative estimate of drug-likeness (QED) is 0.858. The van der Waals surface area contributed by atoms with Gasteiger partial charge in [-0.2, -0.15) is 0 Å². The molecule has 0 unspecified atom stereocenters. The lowest BCUT2D eigenvalue weighted by Gasteiger charge is -2.10. The van der Waals surface area contributed by atoms with Crippen molar-refractivity contribution in [3.63, 3.8) is 0 Å². The molecule has 0 spiro atoms. The second kappa shape index (κ2) is 5.76. The van der Waals surface area contributed by atoms with E-state index in [0.717, 1.165) is 0 Å². The van der Waals surface area contributed by atoms with E-state index in [1.54, 1.807) is 18.3 Å². The third-order valence-electron chi connectivity index (χ3n) is 2.20. The minimum Gasteiger partial charge on any atom is -0.437 e. The molecule has 0 amide bonds. The summed E-state index contributed by atoms with van der Waals surface area (Å²) in [5, 5.41) is 10.2. The zero-order chi connectivity index (χ0) is 13.1. The van der Waals surface area contributed by atoms with Gasteiger partial charge in [0.2, 0.25) is 5.88 Å². The van der Waals surface area contributed by atoms with Crippen LogP contribution in [0.5, 0.6) is 11.6 Å². The Morgan fingerprint density at radius 2 is 1.83 bits per heavy atom. The molecule has 1 N–H and O–H groups in total. The number of hydrogen-bond donors (Lipinski definition) is 1. The molecule has 0 bridgehead atoms. The normalized spacial score (nSPS) is 10.4. The lowest BCUT2D eigenvalue weighted by atomic mass is 10.3. The fraction of sp³-hybridized carbons (Fsp3) is 0.0833. The summed E-state index contributed by atoms with van der Waals surface area (Å²) in [6, 6.07) is 6.40. The number of aliphatic hydroxyl groups excluding tert-OH is 1. The average molecular weight is 305 g/mol. The number of rotatable bonds is 3. The van der Waals surface area contributed by atoms with Crippen molar-refractivity contribution >= 4 is 34.8 Å². The fourth-order valence-electron chi connectivity index (χ4n) is 1.32. The van der Waals surface area contributed by atoms with Gasteiger partial charge in [0.25, 0.3) is 0 Å². The van der Waals surface area contributed by atoms with Gasteiger partial charge in [-0.25, -0.2) is 4.98 Å². The molecule has 0 saturated carbocycles. The summed E-state index contributed by atoms with van der Waals surface area (Å²) in [5.74, 6) is 0.611. The lowest BCUT2D eigenvalue weighted by molar-refractivity contribution is 0.275. The van der Waals surface area contributed by atoms with Crippen LogP contribution in [0.1, 0.15) is 5.56 Å². The van der Waals surface area contributed by atoms with E-state index in [1.807, 2.05) is 0 Å². The monoisotopic (exact) mass is 303 g/mol. The summed E-state index contributed by atoms with van der Waals surface area (Å²) in [7, 11) is 0. The molecule has 18 heavy (non-hydrogen) atoms. The molecule has 0 atom stereocenters. The Kier molecular flexibility index (Phi) is 4.30. The molecule has 2 rings (SSSR count). The number of pyridine rings is 1. The summed E-state index contributed by atoms with van der Waals surface area (Å²) >= 11 is 17.7. The first-order valence-corrected chi connectivity index (χ1v) is 6.12. The van der Waals surface area contributed by atoms with Crippen LogP contribution in [0.15, 0.2) is 30.5 Å². The van der Waals surface area contributed by atoms with Crippen LogP contribution in [-0.4, -0.2) is 10.1 Å². The summed E-state index contributed by atoms with van der Waals surface area (Å²) in [6.45, 7) is -0.178. The number of aromatic nitrogens is 1. The molecule has 0 aliphatic heterocycles. The van der Waals surface area contributed by atoms with E-state index in [4.69, 9.17) is 44.6 Å². The van der Waals surface area contributed by atoms with Crippen molar-refractivity contribution in [1.82, 2.24) is 4.98 Å². The predicted molar refractivity (Wildman–Crippen MR) is 71.7 cm³/mol. The smallest absolute Gasteiger partial charge is 0.224 e. The van der Waals surface area contributed by atoms with Crippen molar-refractivity contribution in [2.75, 3.05) is 0 Å². The number of ether oxygens (including phenoxy) is 1. The second-order valence-electron chi connectivity index (χ2n) is 3.42. The molecule has 0 aliphatic rings. The Bertz CT molecular complexity index is 575. The van der Waals surface area contributed by atoms with Gasteiger partial charge in [0, 0.05) is 17.8 Å². The van der Waals surface area contributed by atoms with Gasteiger partial charge in [0.15, 0.2) is 0 Å². The molecule has 0 aliphatic carbocycles. The zero-order valence-electron chi connectivity index (χ0n) is 9.03. The van der Waals surface area contributed by atoms with Crippen LogP contribution in [0.3, 0.4) is 0 Å². The van der Waals surface area contributed by atoms with Crippen molar-refractivity contribution in [3.05, 3.63) is 51.1 Å². The summed E-state index contributed by atoms with van der Waals surface area (Å²) in [4.78, 5) is 4.02. The maximum atomic E-state index is 9.16. The Labute approximate surface area is 119 Å². The lowest BCUT2D eigenvalue weighted by Crippen LogP contribution is -1.94. The van der Waals surface area contributed by atoms with Gasteiger partial charge in [-0.05, 0) is 18.2 Å². The van der Waals surface area contributed by atoms with E-state index in [2.05, 4.69) is 4.98 Å². The van der Waals surface area contributed by atoms with Crippen LogP contribution in [0.25, 0.3) is 0 Å². The molecule has 1 heterocycles. The topological polar surface area (TPSA) is 42.4 Å². The van der Waals surface area contributed by atoms with E-state index < -0.39 is 0 Å². The molecule has 2 aromatic rings. The molecule has 0 radical (unpaired) electrons. The molecule has 0 fully saturated rings. The van der Waals surface area contributed by atoms with Gasteiger partial charge in [0.05, 0.1) is 21.7 Å². The number of halogens is 3. The second-order valence-corrected chi connectivity index (χ2v) is 4.65. The first-order chi connectivity index (χ1) is 8.61. The Morgan fingerprint density at radius 1 is 1.11 bits per heavy atom. The van der Waals surface area contributed by atoms with Gasteiger partial charge in [0.1, 0.15) is 5.75 Å². The molecule has 3 nitrogen and oxygen atoms in total. The highest BCUT2D eigenvalue weighted by Crippen LogP contribution is 2.36. The number of nitrogens with zero attached hydrogens (tertiary/aromatic N) is 1. The van der Waals surface area contributed by atoms with Gasteiger partial charge in [-0.1, -0.05) is 34.8 Å². The highest BCUT2D eigenvalue weighted by molar-refractivity contribution is 6.43. The van der Waals surface area contributed by atoms with Crippen LogP contribution in [0.2, 0.25) is 15.1 Å². The van der Waals surface area contributed by atoms with E-state index in [0.29, 0.717) is 26.4 Å². The number of hydrogen-bond acceptors (Lipinski definition) is 3. The van der Waals surface area contributed by atoms with Crippen molar-refractivity contribution in [2.24, 2.45) is 0 Å². The minimum atomic E-state index is -0.178. The van der Waals surface area contributed by atoms with Gasteiger partial charge in [-0.3, -0.25) is 0 Å². The van der Waals surface area contributed by atoms with Crippen molar-refractivity contribution < 1.29 is 9.84 Å². The fourth-order valence-corrected chi connectivity index (χ4v) is 1.90. The Balaban J connectivity index is 2.37. The van der Waals surface area contributed by atoms with E-state index >= 15 is 0 Å². The van der Waals surface area contributed by atoms with Gasteiger partial charge in [-0.15, -0.1) is 0 Å². The maximum Gasteiger partial charge on any atom is 0.224 e. The first kappa shape index (κ1) is 13.4. The van der Waals surface area contributed by atoms with Crippen LogP contribution in [-0.2, 0) is 6.61 Å². The van der Waals surface area contributed by atoms with Crippen molar-refractivity contribution in [2.45, 2.75) is 6.61 Å². The molecule has 0 saturated heterocycles. The third kappa shape index (κ3) is 2.87. The average Bonchev–Trinajstić information content (AvgIpc) is 2.36. The molecule has 1 aromatic heterocycles.